The molecule has 2 aromatic heterocycles. The van der Waals surface area contributed by atoms with Crippen molar-refractivity contribution in [2.75, 3.05) is 13.2 Å². The average Bonchev–Trinajstić information content (AvgIpc) is 3.29. The number of nitrogens with zero attached hydrogens (tertiary/aromatic N) is 2. The maximum Gasteiger partial charge on any atom is 0.138 e. The fraction of sp³-hybridized carbons (Fsp3) is 0.222. The lowest BCUT2D eigenvalue weighted by Gasteiger charge is -2.21. The van der Waals surface area contributed by atoms with Gasteiger partial charge in [-0.05, 0) is 36.4 Å². The van der Waals surface area contributed by atoms with Crippen molar-refractivity contribution in [3.63, 3.8) is 0 Å². The standard InChI is InChI=1S/C18H17BrN2O2/c19-15-3-1-4-16(11-15)20-7-6-14(12-20)18-21(8-10-23-18)13-17-5-2-9-22-17/h1-7,9,11-12,18H,8,10,13H2/t18-/m1/s1. The molecular weight excluding hydrogens is 356 g/mol. The first-order chi connectivity index (χ1) is 11.3. The van der Waals surface area contributed by atoms with Crippen LogP contribution in [0.4, 0.5) is 0 Å². The van der Waals surface area contributed by atoms with Crippen LogP contribution in [0.1, 0.15) is 17.6 Å². The Hall–Kier alpha value is -1.82. The van der Waals surface area contributed by atoms with Crippen molar-refractivity contribution in [3.8, 4) is 5.69 Å². The van der Waals surface area contributed by atoms with Crippen LogP contribution in [-0.4, -0.2) is 22.6 Å². The lowest BCUT2D eigenvalue weighted by Crippen LogP contribution is -2.22. The molecule has 1 aromatic carbocycles. The molecule has 4 rings (SSSR count). The average molecular weight is 373 g/mol. The highest BCUT2D eigenvalue weighted by atomic mass is 79.9. The van der Waals surface area contributed by atoms with Crippen LogP contribution in [0.2, 0.25) is 0 Å². The molecule has 4 nitrogen and oxygen atoms in total. The van der Waals surface area contributed by atoms with Gasteiger partial charge in [0.2, 0.25) is 0 Å². The molecule has 0 saturated carbocycles. The summed E-state index contributed by atoms with van der Waals surface area (Å²) in [4.78, 5) is 2.29. The minimum Gasteiger partial charge on any atom is -0.468 e. The van der Waals surface area contributed by atoms with Crippen molar-refractivity contribution in [3.05, 3.63) is 76.9 Å². The van der Waals surface area contributed by atoms with Gasteiger partial charge in [0, 0.05) is 34.7 Å². The molecular formula is C18H17BrN2O2. The van der Waals surface area contributed by atoms with E-state index in [0.717, 1.165) is 41.2 Å². The summed E-state index contributed by atoms with van der Waals surface area (Å²) in [6.45, 7) is 2.42. The Kier molecular flexibility index (Phi) is 4.08. The first kappa shape index (κ1) is 14.8. The van der Waals surface area contributed by atoms with Crippen LogP contribution in [0.15, 0.2) is 70.0 Å². The topological polar surface area (TPSA) is 30.5 Å². The second-order valence-corrected chi connectivity index (χ2v) is 6.52. The van der Waals surface area contributed by atoms with E-state index in [4.69, 9.17) is 9.15 Å². The number of furan rings is 1. The smallest absolute Gasteiger partial charge is 0.138 e. The summed E-state index contributed by atoms with van der Waals surface area (Å²) < 4.78 is 14.6. The van der Waals surface area contributed by atoms with Gasteiger partial charge in [-0.25, -0.2) is 0 Å². The molecule has 1 saturated heterocycles. The number of halogens is 1. The fourth-order valence-corrected chi connectivity index (χ4v) is 3.32. The zero-order valence-corrected chi connectivity index (χ0v) is 14.1. The summed E-state index contributed by atoms with van der Waals surface area (Å²) in [5.41, 5.74) is 2.29. The van der Waals surface area contributed by atoms with Gasteiger partial charge in [-0.3, -0.25) is 4.90 Å². The quantitative estimate of drug-likeness (QED) is 0.681. The van der Waals surface area contributed by atoms with E-state index in [1.54, 1.807) is 6.26 Å². The molecule has 0 radical (unpaired) electrons. The van der Waals surface area contributed by atoms with Crippen LogP contribution in [0.25, 0.3) is 5.69 Å². The van der Waals surface area contributed by atoms with Crippen LogP contribution < -0.4 is 0 Å². The SMILES string of the molecule is Brc1cccc(-n2ccc([C@H]3OCCN3Cc3ccco3)c2)c1. The Labute approximate surface area is 143 Å². The van der Waals surface area contributed by atoms with Crippen molar-refractivity contribution in [2.45, 2.75) is 12.8 Å². The molecule has 0 spiro atoms. The summed E-state index contributed by atoms with van der Waals surface area (Å²) >= 11 is 3.52. The van der Waals surface area contributed by atoms with E-state index in [1.165, 1.54) is 0 Å². The zero-order chi connectivity index (χ0) is 15.6. The maximum atomic E-state index is 5.93. The van der Waals surface area contributed by atoms with Gasteiger partial charge in [-0.1, -0.05) is 22.0 Å². The van der Waals surface area contributed by atoms with E-state index in [2.05, 4.69) is 56.0 Å². The van der Waals surface area contributed by atoms with E-state index in [-0.39, 0.29) is 6.23 Å². The molecule has 0 unspecified atom stereocenters. The van der Waals surface area contributed by atoms with Crippen molar-refractivity contribution in [1.82, 2.24) is 9.47 Å². The number of rotatable bonds is 4. The first-order valence-electron chi connectivity index (χ1n) is 7.61. The third-order valence-corrected chi connectivity index (χ3v) is 4.53. The van der Waals surface area contributed by atoms with Gasteiger partial charge in [-0.15, -0.1) is 0 Å². The van der Waals surface area contributed by atoms with Gasteiger partial charge in [0.05, 0.1) is 19.4 Å². The Morgan fingerprint density at radius 2 is 2.13 bits per heavy atom. The molecule has 0 aliphatic carbocycles. The largest absolute Gasteiger partial charge is 0.468 e. The summed E-state index contributed by atoms with van der Waals surface area (Å²) in [6.07, 6.45) is 5.90. The predicted octanol–water partition coefficient (Wildman–Crippen LogP) is 4.36. The molecule has 0 N–H and O–H groups in total. The molecule has 3 heterocycles. The third kappa shape index (κ3) is 3.13. The number of hydrogen-bond acceptors (Lipinski definition) is 3. The number of ether oxygens (including phenoxy) is 1. The summed E-state index contributed by atoms with van der Waals surface area (Å²) in [5, 5.41) is 0. The minimum atomic E-state index is -0.0199. The molecule has 0 bridgehead atoms. The van der Waals surface area contributed by atoms with E-state index in [0.29, 0.717) is 0 Å². The van der Waals surface area contributed by atoms with Crippen LogP contribution in [-0.2, 0) is 11.3 Å². The van der Waals surface area contributed by atoms with Crippen molar-refractivity contribution >= 4 is 15.9 Å². The van der Waals surface area contributed by atoms with E-state index in [9.17, 15) is 0 Å². The summed E-state index contributed by atoms with van der Waals surface area (Å²) in [5.74, 6) is 0.965. The highest BCUT2D eigenvalue weighted by Gasteiger charge is 2.28. The first-order valence-corrected chi connectivity index (χ1v) is 8.41. The van der Waals surface area contributed by atoms with Gasteiger partial charge in [0.25, 0.3) is 0 Å². The normalized spacial score (nSPS) is 18.6. The Bertz CT molecular complexity index is 782. The molecule has 1 aliphatic rings. The molecule has 1 fully saturated rings. The van der Waals surface area contributed by atoms with Crippen molar-refractivity contribution in [1.29, 1.82) is 0 Å². The second kappa shape index (κ2) is 6.35. The molecule has 1 aliphatic heterocycles. The summed E-state index contributed by atoms with van der Waals surface area (Å²) in [7, 11) is 0. The van der Waals surface area contributed by atoms with E-state index < -0.39 is 0 Å². The van der Waals surface area contributed by atoms with Gasteiger partial charge in [-0.2, -0.15) is 0 Å². The van der Waals surface area contributed by atoms with Gasteiger partial charge in [0.1, 0.15) is 12.0 Å². The second-order valence-electron chi connectivity index (χ2n) is 5.60. The Morgan fingerprint density at radius 1 is 1.17 bits per heavy atom. The molecule has 23 heavy (non-hydrogen) atoms. The zero-order valence-electron chi connectivity index (χ0n) is 12.6. The molecule has 5 heteroatoms. The van der Waals surface area contributed by atoms with Crippen molar-refractivity contribution in [2.24, 2.45) is 0 Å². The summed E-state index contributed by atoms with van der Waals surface area (Å²) in [6, 6.07) is 14.3. The van der Waals surface area contributed by atoms with Gasteiger partial charge < -0.3 is 13.7 Å². The lowest BCUT2D eigenvalue weighted by molar-refractivity contribution is 0.0258. The van der Waals surface area contributed by atoms with Gasteiger partial charge >= 0.3 is 0 Å². The number of hydrogen-bond donors (Lipinski definition) is 0. The molecule has 1 atom stereocenters. The van der Waals surface area contributed by atoms with E-state index >= 15 is 0 Å². The van der Waals surface area contributed by atoms with Crippen LogP contribution in [0.3, 0.4) is 0 Å². The lowest BCUT2D eigenvalue weighted by atomic mass is 10.2. The highest BCUT2D eigenvalue weighted by molar-refractivity contribution is 9.10. The predicted molar refractivity (Wildman–Crippen MR) is 91.3 cm³/mol. The maximum absolute atomic E-state index is 5.93. The molecule has 118 valence electrons. The number of aromatic nitrogens is 1. The fourth-order valence-electron chi connectivity index (χ4n) is 2.93. The van der Waals surface area contributed by atoms with Crippen LogP contribution in [0, 0.1) is 0 Å². The monoisotopic (exact) mass is 372 g/mol. The third-order valence-electron chi connectivity index (χ3n) is 4.03. The van der Waals surface area contributed by atoms with Crippen LogP contribution in [0.5, 0.6) is 0 Å². The van der Waals surface area contributed by atoms with E-state index in [1.807, 2.05) is 24.3 Å². The van der Waals surface area contributed by atoms with Gasteiger partial charge in [0.15, 0.2) is 0 Å². The molecule has 0 amide bonds. The minimum absolute atomic E-state index is 0.0199. The number of benzene rings is 1. The van der Waals surface area contributed by atoms with Crippen molar-refractivity contribution < 1.29 is 9.15 Å². The Morgan fingerprint density at radius 3 is 2.96 bits per heavy atom. The Balaban J connectivity index is 1.55. The highest BCUT2D eigenvalue weighted by Crippen LogP contribution is 2.29. The molecule has 3 aromatic rings. The van der Waals surface area contributed by atoms with Crippen LogP contribution >= 0.6 is 15.9 Å².